The Balaban J connectivity index is 1.64. The Hall–Kier alpha value is -2.36. The van der Waals surface area contributed by atoms with Gasteiger partial charge < -0.3 is 24.5 Å². The van der Waals surface area contributed by atoms with Crippen molar-refractivity contribution in [3.8, 4) is 0 Å². The van der Waals surface area contributed by atoms with Crippen LogP contribution in [-0.2, 0) is 23.1 Å². The van der Waals surface area contributed by atoms with Gasteiger partial charge in [0.15, 0.2) is 0 Å². The van der Waals surface area contributed by atoms with Crippen molar-refractivity contribution in [3.63, 3.8) is 0 Å². The normalized spacial score (nSPS) is 13.7. The molecule has 3 N–H and O–H groups in total. The van der Waals surface area contributed by atoms with E-state index in [9.17, 15) is 4.79 Å². The van der Waals surface area contributed by atoms with Crippen LogP contribution in [0.25, 0.3) is 0 Å². The summed E-state index contributed by atoms with van der Waals surface area (Å²) >= 11 is 1.50. The molecule has 1 aromatic heterocycles. The van der Waals surface area contributed by atoms with Crippen LogP contribution >= 0.6 is 24.1 Å². The van der Waals surface area contributed by atoms with Gasteiger partial charge in [0.05, 0.1) is 30.2 Å². The Morgan fingerprint density at radius 1 is 1.27 bits per heavy atom. The lowest BCUT2D eigenvalue weighted by Crippen LogP contribution is -2.37. The van der Waals surface area contributed by atoms with Crippen molar-refractivity contribution >= 4 is 53.6 Å². The molecule has 0 spiro atoms. The maximum atomic E-state index is 11.6. The minimum atomic E-state index is -0.549. The van der Waals surface area contributed by atoms with Gasteiger partial charge in [-0.2, -0.15) is 15.0 Å². The fourth-order valence-electron chi connectivity index (χ4n) is 2.40. The van der Waals surface area contributed by atoms with Gasteiger partial charge in [0.1, 0.15) is 5.75 Å². The van der Waals surface area contributed by atoms with E-state index in [1.807, 2.05) is 11.0 Å². The standard InChI is InChI=1S/C16H20N6O6S2/c1-17-14-19-15(21-16(20-14)22-5-7-25-8-6-22)18-11-3-2-4-12(9-11)30-26-13(23)10-29-28-27-24/h2-4,9,24H,5-8,10H2,1H3,(H2,17,18,19,20,21). The van der Waals surface area contributed by atoms with Gasteiger partial charge in [0.25, 0.3) is 0 Å². The molecule has 0 radical (unpaired) electrons. The van der Waals surface area contributed by atoms with E-state index in [2.05, 4.69) is 35.0 Å². The van der Waals surface area contributed by atoms with Crippen LogP contribution in [0.5, 0.6) is 0 Å². The molecule has 12 nitrogen and oxygen atoms in total. The lowest BCUT2D eigenvalue weighted by molar-refractivity contribution is -0.432. The van der Waals surface area contributed by atoms with Crippen molar-refractivity contribution in [2.24, 2.45) is 0 Å². The Labute approximate surface area is 180 Å². The zero-order valence-electron chi connectivity index (χ0n) is 15.9. The van der Waals surface area contributed by atoms with E-state index in [4.69, 9.17) is 14.2 Å². The largest absolute Gasteiger partial charge is 0.385 e. The molecule has 1 fully saturated rings. The van der Waals surface area contributed by atoms with Crippen molar-refractivity contribution in [2.75, 3.05) is 54.6 Å². The number of carbonyl (C=O) groups excluding carboxylic acids is 1. The average molecular weight is 457 g/mol. The maximum Gasteiger partial charge on any atom is 0.330 e. The Morgan fingerprint density at radius 3 is 2.83 bits per heavy atom. The first kappa shape index (κ1) is 22.3. The second kappa shape index (κ2) is 11.7. The first-order valence-corrected chi connectivity index (χ1v) is 10.4. The number of benzene rings is 1. The van der Waals surface area contributed by atoms with E-state index >= 15 is 0 Å². The maximum absolute atomic E-state index is 11.6. The lowest BCUT2D eigenvalue weighted by Gasteiger charge is -2.27. The highest BCUT2D eigenvalue weighted by atomic mass is 32.2. The molecule has 2 heterocycles. The Bertz CT molecular complexity index is 842. The third-order valence-corrected chi connectivity index (χ3v) is 4.94. The number of morpholine rings is 1. The van der Waals surface area contributed by atoms with Gasteiger partial charge in [-0.05, 0) is 18.2 Å². The fourth-order valence-corrected chi connectivity index (χ4v) is 3.28. The number of ether oxygens (including phenoxy) is 1. The summed E-state index contributed by atoms with van der Waals surface area (Å²) < 4.78 is 14.6. The van der Waals surface area contributed by atoms with Crippen LogP contribution in [0.1, 0.15) is 0 Å². The Kier molecular flexibility index (Phi) is 8.73. The monoisotopic (exact) mass is 456 g/mol. The molecule has 0 unspecified atom stereocenters. The molecule has 30 heavy (non-hydrogen) atoms. The summed E-state index contributed by atoms with van der Waals surface area (Å²) in [6, 6.07) is 7.22. The highest BCUT2D eigenvalue weighted by Crippen LogP contribution is 2.25. The third kappa shape index (κ3) is 6.86. The van der Waals surface area contributed by atoms with Crippen LogP contribution in [0, 0.1) is 0 Å². The molecule has 0 saturated carbocycles. The predicted octanol–water partition coefficient (Wildman–Crippen LogP) is 2.11. The summed E-state index contributed by atoms with van der Waals surface area (Å²) in [4.78, 5) is 27.6. The molecule has 3 rings (SSSR count). The minimum Gasteiger partial charge on any atom is -0.385 e. The van der Waals surface area contributed by atoms with Crippen LogP contribution in [0.4, 0.5) is 23.5 Å². The number of nitrogens with one attached hydrogen (secondary N) is 2. The molecule has 162 valence electrons. The first-order valence-electron chi connectivity index (χ1n) is 8.78. The van der Waals surface area contributed by atoms with Gasteiger partial charge >= 0.3 is 5.97 Å². The quantitative estimate of drug-likeness (QED) is 0.208. The number of rotatable bonds is 10. The summed E-state index contributed by atoms with van der Waals surface area (Å²) in [6.45, 7) is 2.66. The molecule has 0 amide bonds. The molecule has 0 aliphatic carbocycles. The number of hydrogen-bond acceptors (Lipinski definition) is 14. The van der Waals surface area contributed by atoms with Crippen molar-refractivity contribution in [1.29, 1.82) is 0 Å². The molecule has 1 aliphatic rings. The third-order valence-electron chi connectivity index (χ3n) is 3.72. The summed E-state index contributed by atoms with van der Waals surface area (Å²) in [7, 11) is 1.74. The van der Waals surface area contributed by atoms with Gasteiger partial charge in [-0.25, -0.2) is 5.26 Å². The van der Waals surface area contributed by atoms with E-state index in [0.717, 1.165) is 12.0 Å². The lowest BCUT2D eigenvalue weighted by atomic mass is 10.3. The molecule has 1 aromatic carbocycles. The highest BCUT2D eigenvalue weighted by Gasteiger charge is 2.16. The van der Waals surface area contributed by atoms with Crippen molar-refractivity contribution < 1.29 is 28.3 Å². The van der Waals surface area contributed by atoms with Crippen LogP contribution in [0.15, 0.2) is 29.2 Å². The number of carbonyl (C=O) groups is 1. The molecule has 2 aromatic rings. The molecular formula is C16H20N6O6S2. The molecule has 1 saturated heterocycles. The molecular weight excluding hydrogens is 436 g/mol. The van der Waals surface area contributed by atoms with Crippen LogP contribution < -0.4 is 15.5 Å². The van der Waals surface area contributed by atoms with Gasteiger partial charge in [-0.1, -0.05) is 11.1 Å². The summed E-state index contributed by atoms with van der Waals surface area (Å²) in [5, 5.41) is 17.5. The summed E-state index contributed by atoms with van der Waals surface area (Å²) in [5.74, 6) is 0.693. The number of nitrogens with zero attached hydrogens (tertiary/aromatic N) is 4. The average Bonchev–Trinajstić information content (AvgIpc) is 2.78. The van der Waals surface area contributed by atoms with E-state index in [-0.39, 0.29) is 5.75 Å². The molecule has 1 aliphatic heterocycles. The van der Waals surface area contributed by atoms with Gasteiger partial charge in [0.2, 0.25) is 17.8 Å². The first-order chi connectivity index (χ1) is 14.7. The number of hydrogen-bond donors (Lipinski definition) is 3. The SMILES string of the molecule is CNc1nc(Nc2cccc(SOC(=O)CSOOO)c2)nc(N2CCOCC2)n1. The summed E-state index contributed by atoms with van der Waals surface area (Å²) in [6.07, 6.45) is 0. The minimum absolute atomic E-state index is 0.145. The zero-order valence-corrected chi connectivity index (χ0v) is 17.6. The highest BCUT2D eigenvalue weighted by molar-refractivity contribution is 7.96. The molecule has 14 heteroatoms. The number of aromatic nitrogens is 3. The predicted molar refractivity (Wildman–Crippen MR) is 111 cm³/mol. The van der Waals surface area contributed by atoms with Crippen LogP contribution in [-0.4, -0.2) is 65.3 Å². The van der Waals surface area contributed by atoms with Crippen molar-refractivity contribution in [2.45, 2.75) is 4.90 Å². The smallest absolute Gasteiger partial charge is 0.330 e. The van der Waals surface area contributed by atoms with Gasteiger partial charge in [-0.15, -0.1) is 4.33 Å². The van der Waals surface area contributed by atoms with E-state index in [0.29, 0.717) is 66.8 Å². The summed E-state index contributed by atoms with van der Waals surface area (Å²) in [5.41, 5.74) is 0.712. The fraction of sp³-hybridized carbons (Fsp3) is 0.375. The van der Waals surface area contributed by atoms with E-state index in [1.165, 1.54) is 0 Å². The van der Waals surface area contributed by atoms with Gasteiger partial charge in [-0.3, -0.25) is 4.79 Å². The van der Waals surface area contributed by atoms with Crippen LogP contribution in [0.3, 0.4) is 0 Å². The second-order valence-electron chi connectivity index (χ2n) is 5.73. The van der Waals surface area contributed by atoms with Crippen LogP contribution in [0.2, 0.25) is 0 Å². The second-order valence-corrected chi connectivity index (χ2v) is 7.19. The molecule has 0 atom stereocenters. The zero-order chi connectivity index (χ0) is 21.2. The van der Waals surface area contributed by atoms with Crippen molar-refractivity contribution in [1.82, 2.24) is 15.0 Å². The molecule has 0 bridgehead atoms. The van der Waals surface area contributed by atoms with E-state index < -0.39 is 5.97 Å². The number of anilines is 4. The Morgan fingerprint density at radius 2 is 2.07 bits per heavy atom. The van der Waals surface area contributed by atoms with Gasteiger partial charge in [0, 0.05) is 37.9 Å². The van der Waals surface area contributed by atoms with Crippen molar-refractivity contribution in [3.05, 3.63) is 24.3 Å². The van der Waals surface area contributed by atoms with E-state index in [1.54, 1.807) is 25.2 Å². The topological polar surface area (TPSA) is 140 Å².